The highest BCUT2D eigenvalue weighted by atomic mass is 19.5. The van der Waals surface area contributed by atoms with Crippen LogP contribution < -0.4 is 6.15 Å². The van der Waals surface area contributed by atoms with E-state index in [4.69, 9.17) is 0 Å². The van der Waals surface area contributed by atoms with Gasteiger partial charge in [0, 0.05) is 0 Å². The van der Waals surface area contributed by atoms with Gasteiger partial charge >= 0.3 is 7.25 Å². The second-order valence-electron chi connectivity index (χ2n) is 2.31. The van der Waals surface area contributed by atoms with Gasteiger partial charge in [0.2, 0.25) is 0 Å². The van der Waals surface area contributed by atoms with Crippen LogP contribution in [0.5, 0.6) is 0 Å². The largest absolute Gasteiger partial charge is 0.673 e. The maximum Gasteiger partial charge on any atom is 0.673 e. The first-order valence-electron chi connectivity index (χ1n) is 4.05. The van der Waals surface area contributed by atoms with Gasteiger partial charge in [-0.2, -0.15) is 0 Å². The Hall–Kier alpha value is -0.255. The first kappa shape index (κ1) is 18.5. The van der Waals surface area contributed by atoms with Crippen molar-refractivity contribution in [3.05, 3.63) is 5.92 Å². The maximum atomic E-state index is 9.75. The van der Waals surface area contributed by atoms with Crippen LogP contribution in [0.25, 0.3) is 0 Å². The third-order valence-electron chi connectivity index (χ3n) is 1.50. The lowest BCUT2D eigenvalue weighted by Crippen LogP contribution is -2.02. The highest BCUT2D eigenvalue weighted by Crippen LogP contribution is 2.12. The fraction of sp³-hybridized carbons (Fsp3) is 0.857. The van der Waals surface area contributed by atoms with Crippen molar-refractivity contribution in [3.63, 3.8) is 0 Å². The third kappa shape index (κ3) is 33.8. The zero-order chi connectivity index (χ0) is 10.2. The lowest BCUT2D eigenvalue weighted by molar-refractivity contribution is 0.368. The SMILES string of the molecule is CC[C](CC)CC.F[B-](F)(F)F.[NH4+]. The van der Waals surface area contributed by atoms with Crippen molar-refractivity contribution in [1.82, 2.24) is 6.15 Å². The van der Waals surface area contributed by atoms with Crippen LogP contribution in [0.4, 0.5) is 17.3 Å². The molecule has 0 aromatic heterocycles. The van der Waals surface area contributed by atoms with Crippen LogP contribution in [0.2, 0.25) is 0 Å². The number of rotatable bonds is 3. The molecule has 0 aromatic rings. The summed E-state index contributed by atoms with van der Waals surface area (Å²) in [7, 11) is -6.00. The highest BCUT2D eigenvalue weighted by Gasteiger charge is 2.20. The molecule has 13 heavy (non-hydrogen) atoms. The molecule has 1 radical (unpaired) electrons. The van der Waals surface area contributed by atoms with E-state index in [2.05, 4.69) is 20.8 Å². The first-order chi connectivity index (χ1) is 5.35. The van der Waals surface area contributed by atoms with E-state index in [1.54, 1.807) is 5.92 Å². The molecule has 0 saturated heterocycles. The molecule has 0 aliphatic rings. The Morgan fingerprint density at radius 3 is 1.00 bits per heavy atom. The molecule has 0 amide bonds. The summed E-state index contributed by atoms with van der Waals surface area (Å²) < 4.78 is 39.0. The van der Waals surface area contributed by atoms with Gasteiger partial charge in [0.25, 0.3) is 0 Å². The van der Waals surface area contributed by atoms with E-state index in [0.717, 1.165) is 0 Å². The predicted molar refractivity (Wildman–Crippen MR) is 50.3 cm³/mol. The monoisotopic (exact) mass is 204 g/mol. The molecule has 0 aliphatic carbocycles. The Morgan fingerprint density at radius 2 is 1.00 bits per heavy atom. The van der Waals surface area contributed by atoms with Crippen molar-refractivity contribution in [2.24, 2.45) is 0 Å². The Labute approximate surface area is 77.6 Å². The van der Waals surface area contributed by atoms with E-state index >= 15 is 0 Å². The van der Waals surface area contributed by atoms with Gasteiger partial charge in [0.05, 0.1) is 0 Å². The topological polar surface area (TPSA) is 36.5 Å². The molecule has 0 heterocycles. The van der Waals surface area contributed by atoms with Gasteiger partial charge in [-0.05, 0) is 25.2 Å². The van der Waals surface area contributed by atoms with Crippen molar-refractivity contribution in [1.29, 1.82) is 0 Å². The fourth-order valence-corrected chi connectivity index (χ4v) is 0.750. The molecular weight excluding hydrogens is 185 g/mol. The second kappa shape index (κ2) is 9.83. The summed E-state index contributed by atoms with van der Waals surface area (Å²) in [6, 6.07) is 0. The van der Waals surface area contributed by atoms with Crippen LogP contribution in [0, 0.1) is 5.92 Å². The lowest BCUT2D eigenvalue weighted by Gasteiger charge is -2.04. The molecule has 0 fully saturated rings. The van der Waals surface area contributed by atoms with E-state index in [-0.39, 0.29) is 6.15 Å². The zero-order valence-electron chi connectivity index (χ0n) is 8.71. The number of halogens is 4. The van der Waals surface area contributed by atoms with E-state index in [9.17, 15) is 17.3 Å². The molecule has 0 bridgehead atoms. The summed E-state index contributed by atoms with van der Waals surface area (Å²) in [5.74, 6) is 1.68. The third-order valence-corrected chi connectivity index (χ3v) is 1.50. The summed E-state index contributed by atoms with van der Waals surface area (Å²) >= 11 is 0. The Bertz CT molecular complexity index is 81.5. The number of quaternary nitrogens is 1. The Morgan fingerprint density at radius 1 is 0.846 bits per heavy atom. The molecule has 0 aliphatic heterocycles. The molecule has 0 saturated carbocycles. The van der Waals surface area contributed by atoms with E-state index in [1.807, 2.05) is 0 Å². The van der Waals surface area contributed by atoms with Gasteiger partial charge in [-0.25, -0.2) is 0 Å². The van der Waals surface area contributed by atoms with Crippen LogP contribution in [0.15, 0.2) is 0 Å². The van der Waals surface area contributed by atoms with Crippen molar-refractivity contribution in [2.75, 3.05) is 0 Å². The molecule has 0 aromatic carbocycles. The minimum Gasteiger partial charge on any atom is -0.418 e. The smallest absolute Gasteiger partial charge is 0.418 e. The van der Waals surface area contributed by atoms with E-state index < -0.39 is 7.25 Å². The predicted octanol–water partition coefficient (Wildman–Crippen LogP) is 4.47. The van der Waals surface area contributed by atoms with E-state index in [1.165, 1.54) is 19.3 Å². The van der Waals surface area contributed by atoms with Gasteiger partial charge in [-0.1, -0.05) is 20.8 Å². The van der Waals surface area contributed by atoms with Crippen LogP contribution >= 0.6 is 0 Å². The molecule has 4 N–H and O–H groups in total. The maximum absolute atomic E-state index is 9.75. The van der Waals surface area contributed by atoms with Crippen molar-refractivity contribution < 1.29 is 17.3 Å². The molecule has 0 spiro atoms. The van der Waals surface area contributed by atoms with Crippen molar-refractivity contribution in [3.8, 4) is 0 Å². The van der Waals surface area contributed by atoms with E-state index in [0.29, 0.717) is 0 Å². The summed E-state index contributed by atoms with van der Waals surface area (Å²) in [6.45, 7) is 6.67. The Balaban J connectivity index is -0.000000150. The molecule has 6 heteroatoms. The average Bonchev–Trinajstić information content (AvgIpc) is 1.88. The zero-order valence-corrected chi connectivity index (χ0v) is 8.71. The minimum atomic E-state index is -6.00. The first-order valence-corrected chi connectivity index (χ1v) is 4.05. The van der Waals surface area contributed by atoms with Crippen molar-refractivity contribution in [2.45, 2.75) is 40.0 Å². The van der Waals surface area contributed by atoms with Crippen LogP contribution in [0.3, 0.4) is 0 Å². The second-order valence-corrected chi connectivity index (χ2v) is 2.31. The molecule has 0 atom stereocenters. The van der Waals surface area contributed by atoms with Gasteiger partial charge in [0.15, 0.2) is 0 Å². The molecule has 0 rings (SSSR count). The fourth-order valence-electron chi connectivity index (χ4n) is 0.750. The van der Waals surface area contributed by atoms with Crippen LogP contribution in [-0.2, 0) is 0 Å². The minimum absolute atomic E-state index is 0. The molecule has 0 unspecified atom stereocenters. The molecular formula is C7H19BF4N. The van der Waals surface area contributed by atoms with Crippen molar-refractivity contribution >= 4 is 7.25 Å². The van der Waals surface area contributed by atoms with Gasteiger partial charge in [-0.15, -0.1) is 0 Å². The van der Waals surface area contributed by atoms with Crippen LogP contribution in [-0.4, -0.2) is 7.25 Å². The lowest BCUT2D eigenvalue weighted by atomic mass is 10.0. The molecule has 83 valence electrons. The number of hydrogen-bond donors (Lipinski definition) is 1. The summed E-state index contributed by atoms with van der Waals surface area (Å²) in [6.07, 6.45) is 3.81. The van der Waals surface area contributed by atoms with Gasteiger partial charge < -0.3 is 23.4 Å². The van der Waals surface area contributed by atoms with Gasteiger partial charge in [0.1, 0.15) is 0 Å². The quantitative estimate of drug-likeness (QED) is 0.520. The standard InChI is InChI=1S/C7H15.BF4.H3N/c1-4-7(5-2)6-3;2-1(3,4)5;/h4-6H2,1-3H3;;1H3/q;-1;/p+1. The summed E-state index contributed by atoms with van der Waals surface area (Å²) in [4.78, 5) is 0. The average molecular weight is 204 g/mol. The highest BCUT2D eigenvalue weighted by molar-refractivity contribution is 6.50. The summed E-state index contributed by atoms with van der Waals surface area (Å²) in [5, 5.41) is 0. The normalized spacial score (nSPS) is 10.2. The van der Waals surface area contributed by atoms with Crippen LogP contribution in [0.1, 0.15) is 40.0 Å². The Kier molecular flexibility index (Phi) is 14.0. The summed E-state index contributed by atoms with van der Waals surface area (Å²) in [5.41, 5.74) is 0. The molecule has 1 nitrogen and oxygen atoms in total. The van der Waals surface area contributed by atoms with Gasteiger partial charge in [-0.3, -0.25) is 0 Å². The number of hydrogen-bond acceptors (Lipinski definition) is 0.